The molecule has 0 aliphatic carbocycles. The lowest BCUT2D eigenvalue weighted by atomic mass is 10.0. The van der Waals surface area contributed by atoms with Crippen LogP contribution in [0.4, 0.5) is 4.79 Å². The number of aryl methyl sites for hydroxylation is 1. The summed E-state index contributed by atoms with van der Waals surface area (Å²) in [6, 6.07) is 7.63. The van der Waals surface area contributed by atoms with E-state index in [1.54, 1.807) is 0 Å². The Morgan fingerprint density at radius 3 is 3.00 bits per heavy atom. The normalized spacial score (nSPS) is 17.5. The van der Waals surface area contributed by atoms with Crippen LogP contribution in [0.2, 0.25) is 0 Å². The van der Waals surface area contributed by atoms with E-state index in [1.807, 2.05) is 35.1 Å². The van der Waals surface area contributed by atoms with Gasteiger partial charge in [-0.3, -0.25) is 14.4 Å². The third kappa shape index (κ3) is 3.92. The van der Waals surface area contributed by atoms with Gasteiger partial charge in [0.15, 0.2) is 0 Å². The Balaban J connectivity index is 1.49. The van der Waals surface area contributed by atoms with E-state index < -0.39 is 12.1 Å². The Hall–Kier alpha value is -2.57. The monoisotopic (exact) mass is 344 g/mol. The summed E-state index contributed by atoms with van der Waals surface area (Å²) in [6.45, 7) is 1.86. The van der Waals surface area contributed by atoms with Crippen LogP contribution in [-0.2, 0) is 16.1 Å². The summed E-state index contributed by atoms with van der Waals surface area (Å²) in [6.07, 6.45) is 4.75. The Kier molecular flexibility index (Phi) is 5.53. The second-order valence-corrected chi connectivity index (χ2v) is 6.25. The summed E-state index contributed by atoms with van der Waals surface area (Å²) in [7, 11) is 1.35. The highest BCUT2D eigenvalue weighted by Gasteiger charge is 2.32. The molecular formula is C18H24N4O3. The van der Waals surface area contributed by atoms with Crippen LogP contribution < -0.4 is 5.32 Å². The predicted molar refractivity (Wildman–Crippen MR) is 94.1 cm³/mol. The standard InChI is InChI=1S/C18H24N4O3/c1-25-18(24)21-11-5-4-9-16(21)17(23)19-10-6-12-22-15-8-3-2-7-14(15)13-20-22/h2-3,7-8,13,16H,4-6,9-12H2,1H3,(H,19,23). The molecule has 1 aromatic carbocycles. The number of methoxy groups -OCH3 is 1. The summed E-state index contributed by atoms with van der Waals surface area (Å²) in [5.41, 5.74) is 1.10. The van der Waals surface area contributed by atoms with Crippen molar-refractivity contribution in [2.75, 3.05) is 20.2 Å². The van der Waals surface area contributed by atoms with Gasteiger partial charge in [0.1, 0.15) is 6.04 Å². The lowest BCUT2D eigenvalue weighted by Crippen LogP contribution is -2.52. The molecule has 134 valence electrons. The molecule has 0 bridgehead atoms. The summed E-state index contributed by atoms with van der Waals surface area (Å²) < 4.78 is 6.73. The molecule has 1 aromatic heterocycles. The molecule has 2 heterocycles. The number of piperidine rings is 1. The van der Waals surface area contributed by atoms with Crippen molar-refractivity contribution in [2.24, 2.45) is 0 Å². The molecule has 3 rings (SSSR count). The van der Waals surface area contributed by atoms with Gasteiger partial charge in [-0.25, -0.2) is 4.79 Å². The van der Waals surface area contributed by atoms with E-state index in [4.69, 9.17) is 4.74 Å². The number of ether oxygens (including phenoxy) is 1. The van der Waals surface area contributed by atoms with Crippen LogP contribution in [0.25, 0.3) is 10.9 Å². The molecule has 1 saturated heterocycles. The molecule has 0 spiro atoms. The van der Waals surface area contributed by atoms with E-state index in [0.29, 0.717) is 19.5 Å². The molecule has 1 atom stereocenters. The summed E-state index contributed by atoms with van der Waals surface area (Å²) in [5, 5.41) is 8.44. The molecule has 25 heavy (non-hydrogen) atoms. The van der Waals surface area contributed by atoms with Crippen molar-refractivity contribution >= 4 is 22.9 Å². The fourth-order valence-corrected chi connectivity index (χ4v) is 3.30. The number of nitrogens with one attached hydrogen (secondary N) is 1. The van der Waals surface area contributed by atoms with Gasteiger partial charge in [-0.05, 0) is 31.7 Å². The number of para-hydroxylation sites is 1. The first-order valence-corrected chi connectivity index (χ1v) is 8.73. The van der Waals surface area contributed by atoms with Gasteiger partial charge in [0.25, 0.3) is 0 Å². The Morgan fingerprint density at radius 1 is 1.32 bits per heavy atom. The first-order chi connectivity index (χ1) is 12.2. The van der Waals surface area contributed by atoms with Crippen LogP contribution in [-0.4, -0.2) is 52.9 Å². The van der Waals surface area contributed by atoms with Crippen LogP contribution in [0.15, 0.2) is 30.5 Å². The first kappa shape index (κ1) is 17.3. The number of carbonyl (C=O) groups is 2. The lowest BCUT2D eigenvalue weighted by Gasteiger charge is -2.33. The Morgan fingerprint density at radius 2 is 2.16 bits per heavy atom. The van der Waals surface area contributed by atoms with E-state index in [2.05, 4.69) is 10.4 Å². The molecule has 1 aliphatic rings. The number of fused-ring (bicyclic) bond motifs is 1. The van der Waals surface area contributed by atoms with Crippen LogP contribution in [0, 0.1) is 0 Å². The molecule has 0 radical (unpaired) electrons. The second-order valence-electron chi connectivity index (χ2n) is 6.25. The van der Waals surface area contributed by atoms with Gasteiger partial charge in [-0.15, -0.1) is 0 Å². The maximum absolute atomic E-state index is 12.4. The molecule has 2 aromatic rings. The number of benzene rings is 1. The maximum atomic E-state index is 12.4. The zero-order valence-electron chi connectivity index (χ0n) is 14.5. The van der Waals surface area contributed by atoms with Gasteiger partial charge in [-0.1, -0.05) is 18.2 Å². The van der Waals surface area contributed by atoms with Gasteiger partial charge in [0.2, 0.25) is 5.91 Å². The fraction of sp³-hybridized carbons (Fsp3) is 0.500. The lowest BCUT2D eigenvalue weighted by molar-refractivity contribution is -0.127. The van der Waals surface area contributed by atoms with Gasteiger partial charge in [0, 0.05) is 25.0 Å². The number of carbonyl (C=O) groups excluding carboxylic acids is 2. The number of likely N-dealkylation sites (tertiary alicyclic amines) is 1. The predicted octanol–water partition coefficient (Wildman–Crippen LogP) is 2.16. The molecule has 1 unspecified atom stereocenters. The summed E-state index contributed by atoms with van der Waals surface area (Å²) in [4.78, 5) is 25.8. The van der Waals surface area contributed by atoms with Crippen molar-refractivity contribution in [1.29, 1.82) is 0 Å². The Bertz CT molecular complexity index is 743. The van der Waals surface area contributed by atoms with Crippen molar-refractivity contribution in [3.63, 3.8) is 0 Å². The van der Waals surface area contributed by atoms with E-state index in [1.165, 1.54) is 12.0 Å². The van der Waals surface area contributed by atoms with Crippen molar-refractivity contribution < 1.29 is 14.3 Å². The molecule has 2 amide bonds. The average molecular weight is 344 g/mol. The second kappa shape index (κ2) is 8.00. The highest BCUT2D eigenvalue weighted by Crippen LogP contribution is 2.18. The quantitative estimate of drug-likeness (QED) is 0.844. The highest BCUT2D eigenvalue weighted by molar-refractivity contribution is 5.85. The van der Waals surface area contributed by atoms with E-state index in [-0.39, 0.29) is 5.91 Å². The van der Waals surface area contributed by atoms with Crippen molar-refractivity contribution in [2.45, 2.75) is 38.3 Å². The molecular weight excluding hydrogens is 320 g/mol. The van der Waals surface area contributed by atoms with Crippen molar-refractivity contribution in [1.82, 2.24) is 20.0 Å². The SMILES string of the molecule is COC(=O)N1CCCCC1C(=O)NCCCn1ncc2ccccc21. The minimum atomic E-state index is -0.428. The fourth-order valence-electron chi connectivity index (χ4n) is 3.30. The highest BCUT2D eigenvalue weighted by atomic mass is 16.5. The summed E-state index contributed by atoms with van der Waals surface area (Å²) in [5.74, 6) is -0.101. The van der Waals surface area contributed by atoms with E-state index in [0.717, 1.165) is 36.7 Å². The minimum absolute atomic E-state index is 0.101. The van der Waals surface area contributed by atoms with Crippen molar-refractivity contribution in [3.05, 3.63) is 30.5 Å². The van der Waals surface area contributed by atoms with E-state index >= 15 is 0 Å². The van der Waals surface area contributed by atoms with Crippen molar-refractivity contribution in [3.8, 4) is 0 Å². The van der Waals surface area contributed by atoms with Gasteiger partial charge >= 0.3 is 6.09 Å². The number of amides is 2. The number of hydrogen-bond donors (Lipinski definition) is 1. The molecule has 0 saturated carbocycles. The zero-order chi connectivity index (χ0) is 17.6. The number of aromatic nitrogens is 2. The zero-order valence-corrected chi connectivity index (χ0v) is 14.5. The molecule has 7 nitrogen and oxygen atoms in total. The smallest absolute Gasteiger partial charge is 0.410 e. The van der Waals surface area contributed by atoms with Crippen LogP contribution >= 0.6 is 0 Å². The third-order valence-corrected chi connectivity index (χ3v) is 4.61. The van der Waals surface area contributed by atoms with Gasteiger partial charge in [0.05, 0.1) is 18.8 Å². The largest absolute Gasteiger partial charge is 0.453 e. The maximum Gasteiger partial charge on any atom is 0.410 e. The average Bonchev–Trinajstić information content (AvgIpc) is 3.07. The van der Waals surface area contributed by atoms with Crippen LogP contribution in [0.1, 0.15) is 25.7 Å². The number of nitrogens with zero attached hydrogens (tertiary/aromatic N) is 3. The topological polar surface area (TPSA) is 76.5 Å². The Labute approximate surface area is 146 Å². The number of rotatable bonds is 5. The minimum Gasteiger partial charge on any atom is -0.453 e. The first-order valence-electron chi connectivity index (χ1n) is 8.73. The molecule has 7 heteroatoms. The van der Waals surface area contributed by atoms with Gasteiger partial charge < -0.3 is 10.1 Å². The summed E-state index contributed by atoms with van der Waals surface area (Å²) >= 11 is 0. The van der Waals surface area contributed by atoms with E-state index in [9.17, 15) is 9.59 Å². The van der Waals surface area contributed by atoms with Crippen LogP contribution in [0.3, 0.4) is 0 Å². The molecule has 1 aliphatic heterocycles. The third-order valence-electron chi connectivity index (χ3n) is 4.61. The molecule has 1 fully saturated rings. The van der Waals surface area contributed by atoms with Crippen LogP contribution in [0.5, 0.6) is 0 Å². The van der Waals surface area contributed by atoms with Gasteiger partial charge in [-0.2, -0.15) is 5.10 Å². The number of hydrogen-bond acceptors (Lipinski definition) is 4. The molecule has 1 N–H and O–H groups in total.